The quantitative estimate of drug-likeness (QED) is 0.316. The van der Waals surface area contributed by atoms with E-state index in [-0.39, 0.29) is 0 Å². The van der Waals surface area contributed by atoms with Crippen LogP contribution >= 0.6 is 27.5 Å². The molecule has 0 bridgehead atoms. The minimum Gasteiger partial charge on any atom is -0.377 e. The van der Waals surface area contributed by atoms with Crippen molar-refractivity contribution in [1.82, 2.24) is 0 Å². The van der Waals surface area contributed by atoms with E-state index in [0.717, 1.165) is 35.9 Å². The zero-order chi connectivity index (χ0) is 18.5. The number of alkyl halides is 1. The molecule has 142 valence electrons. The van der Waals surface area contributed by atoms with Gasteiger partial charge in [0, 0.05) is 17.1 Å². The molecule has 0 unspecified atom stereocenters. The molecule has 26 heavy (non-hydrogen) atoms. The lowest BCUT2D eigenvalue weighted by atomic mass is 9.51. The van der Waals surface area contributed by atoms with Crippen LogP contribution in [0, 0.1) is 46.3 Å². The zero-order valence-electron chi connectivity index (χ0n) is 15.7. The summed E-state index contributed by atoms with van der Waals surface area (Å²) in [6.45, 7) is 6.93. The fraction of sp³-hybridized carbons (Fsp3) is 0.739. The Balaban J connectivity index is 1.57. The maximum Gasteiger partial charge on any atom is 0.130 e. The molecule has 0 spiro atoms. The molecule has 4 aliphatic rings. The van der Waals surface area contributed by atoms with E-state index in [1.807, 2.05) is 0 Å². The zero-order valence-corrected chi connectivity index (χ0v) is 18.1. The summed E-state index contributed by atoms with van der Waals surface area (Å²) in [5.41, 5.74) is 2.41. The van der Waals surface area contributed by atoms with Crippen molar-refractivity contribution in [2.45, 2.75) is 63.9 Å². The lowest BCUT2D eigenvalue weighted by Gasteiger charge is -2.54. The topological polar surface area (TPSA) is 20.2 Å². The van der Waals surface area contributed by atoms with Crippen molar-refractivity contribution >= 4 is 27.5 Å². The van der Waals surface area contributed by atoms with Gasteiger partial charge >= 0.3 is 0 Å². The molecule has 3 saturated carbocycles. The maximum absolute atomic E-state index is 10.7. The standard InChI is InChI=1S/C23H30BrClO/c1-15(14-24)20-5-6-21-19-4-3-16-13-23(26,11-12-25)10-8-17(16)18(19)7-9-22(20,21)2/h3,17-21,26H,1,4-10,13-14H2,2H3/t17-,18+,19+,20+,21-,22+,23+/m0/s1. The first-order valence-corrected chi connectivity index (χ1v) is 11.7. The summed E-state index contributed by atoms with van der Waals surface area (Å²) in [5.74, 6) is 6.66. The highest BCUT2D eigenvalue weighted by Gasteiger charge is 2.56. The molecule has 4 aliphatic carbocycles. The monoisotopic (exact) mass is 436 g/mol. The smallest absolute Gasteiger partial charge is 0.130 e. The van der Waals surface area contributed by atoms with Gasteiger partial charge in [-0.15, -0.1) is 0 Å². The largest absolute Gasteiger partial charge is 0.377 e. The molecule has 0 radical (unpaired) electrons. The van der Waals surface area contributed by atoms with Crippen molar-refractivity contribution in [3.8, 4) is 11.3 Å². The normalized spacial score (nSPS) is 46.9. The molecule has 0 aromatic carbocycles. The molecule has 0 aromatic rings. The maximum atomic E-state index is 10.7. The Bertz CT molecular complexity index is 688. The highest BCUT2D eigenvalue weighted by Crippen LogP contribution is 2.64. The summed E-state index contributed by atoms with van der Waals surface area (Å²) < 4.78 is 0. The highest BCUT2D eigenvalue weighted by atomic mass is 79.9. The second kappa shape index (κ2) is 6.98. The van der Waals surface area contributed by atoms with Crippen molar-refractivity contribution in [2.24, 2.45) is 35.0 Å². The van der Waals surface area contributed by atoms with E-state index in [1.54, 1.807) is 0 Å². The van der Waals surface area contributed by atoms with Crippen LogP contribution in [0.5, 0.6) is 0 Å². The Hall–Kier alpha value is -0.230. The van der Waals surface area contributed by atoms with Gasteiger partial charge in [0.25, 0.3) is 0 Å². The van der Waals surface area contributed by atoms with E-state index >= 15 is 0 Å². The van der Waals surface area contributed by atoms with Gasteiger partial charge in [-0.1, -0.05) is 52.6 Å². The lowest BCUT2D eigenvalue weighted by molar-refractivity contribution is -0.0198. The predicted octanol–water partition coefficient (Wildman–Crippen LogP) is 6.06. The molecule has 0 amide bonds. The third kappa shape index (κ3) is 2.94. The minimum atomic E-state index is -0.897. The molecular weight excluding hydrogens is 408 g/mol. The second-order valence-corrected chi connectivity index (χ2v) is 10.2. The van der Waals surface area contributed by atoms with Gasteiger partial charge in [0.15, 0.2) is 0 Å². The first-order valence-electron chi connectivity index (χ1n) is 10.2. The molecule has 0 aliphatic heterocycles. The Labute approximate surface area is 171 Å². The molecule has 3 fully saturated rings. The van der Waals surface area contributed by atoms with Crippen molar-refractivity contribution in [3.05, 3.63) is 23.8 Å². The van der Waals surface area contributed by atoms with E-state index in [0.29, 0.717) is 23.7 Å². The molecule has 0 aromatic heterocycles. The molecule has 7 atom stereocenters. The van der Waals surface area contributed by atoms with Crippen LogP contribution in [0.15, 0.2) is 23.8 Å². The van der Waals surface area contributed by atoms with Gasteiger partial charge in [-0.3, -0.25) is 0 Å². The van der Waals surface area contributed by atoms with Gasteiger partial charge in [0.2, 0.25) is 0 Å². The average molecular weight is 438 g/mol. The van der Waals surface area contributed by atoms with Crippen LogP contribution in [-0.4, -0.2) is 16.0 Å². The highest BCUT2D eigenvalue weighted by molar-refractivity contribution is 9.09. The number of aliphatic hydroxyl groups is 1. The lowest BCUT2D eigenvalue weighted by Crippen LogP contribution is -2.47. The van der Waals surface area contributed by atoms with Crippen LogP contribution in [0.4, 0.5) is 0 Å². The van der Waals surface area contributed by atoms with Crippen LogP contribution in [0.25, 0.3) is 0 Å². The van der Waals surface area contributed by atoms with Gasteiger partial charge in [-0.05, 0) is 91.6 Å². The molecule has 3 heteroatoms. The van der Waals surface area contributed by atoms with Gasteiger partial charge in [-0.2, -0.15) is 0 Å². The summed E-state index contributed by atoms with van der Waals surface area (Å²) >= 11 is 9.24. The fourth-order valence-electron chi connectivity index (χ4n) is 7.25. The summed E-state index contributed by atoms with van der Waals surface area (Å²) in [6.07, 6.45) is 11.5. The van der Waals surface area contributed by atoms with Gasteiger partial charge in [0.1, 0.15) is 5.60 Å². The van der Waals surface area contributed by atoms with Gasteiger partial charge in [-0.25, -0.2) is 0 Å². The second-order valence-electron chi connectivity index (χ2n) is 9.49. The van der Waals surface area contributed by atoms with E-state index in [1.165, 1.54) is 43.3 Å². The Morgan fingerprint density at radius 3 is 2.85 bits per heavy atom. The number of rotatable bonds is 2. The fourth-order valence-corrected chi connectivity index (χ4v) is 7.82. The van der Waals surface area contributed by atoms with E-state index in [9.17, 15) is 5.11 Å². The molecule has 0 saturated heterocycles. The minimum absolute atomic E-state index is 0.441. The Morgan fingerprint density at radius 1 is 1.31 bits per heavy atom. The number of hydrogen-bond donors (Lipinski definition) is 1. The summed E-state index contributed by atoms with van der Waals surface area (Å²) in [4.78, 5) is 0. The van der Waals surface area contributed by atoms with E-state index < -0.39 is 5.60 Å². The van der Waals surface area contributed by atoms with Crippen LogP contribution in [0.3, 0.4) is 0 Å². The SMILES string of the molecule is C=C(CBr)[C@H]1CC[C@H]2[C@@H]3CC=C4C[C@](O)(C#CCl)CC[C@@H]4[C@H]3CC[C@]12C. The number of hydrogen-bond acceptors (Lipinski definition) is 1. The molecule has 0 heterocycles. The number of halogens is 2. The van der Waals surface area contributed by atoms with Crippen LogP contribution in [0.2, 0.25) is 0 Å². The van der Waals surface area contributed by atoms with Crippen LogP contribution < -0.4 is 0 Å². The first-order chi connectivity index (χ1) is 12.4. The number of allylic oxidation sites excluding steroid dienone is 2. The average Bonchev–Trinajstić information content (AvgIpc) is 2.98. The molecular formula is C23H30BrClO. The molecule has 1 nitrogen and oxygen atoms in total. The van der Waals surface area contributed by atoms with Crippen LogP contribution in [0.1, 0.15) is 58.3 Å². The summed E-state index contributed by atoms with van der Waals surface area (Å²) in [5, 5.41) is 14.1. The summed E-state index contributed by atoms with van der Waals surface area (Å²) in [6, 6.07) is 0. The van der Waals surface area contributed by atoms with Gasteiger partial charge < -0.3 is 5.11 Å². The summed E-state index contributed by atoms with van der Waals surface area (Å²) in [7, 11) is 0. The van der Waals surface area contributed by atoms with E-state index in [2.05, 4.69) is 46.8 Å². The van der Waals surface area contributed by atoms with Crippen molar-refractivity contribution in [3.63, 3.8) is 0 Å². The Kier molecular flexibility index (Phi) is 5.13. The van der Waals surface area contributed by atoms with E-state index in [4.69, 9.17) is 11.6 Å². The molecule has 1 N–H and O–H groups in total. The molecule has 4 rings (SSSR count). The Morgan fingerprint density at radius 2 is 2.12 bits per heavy atom. The predicted molar refractivity (Wildman–Crippen MR) is 112 cm³/mol. The van der Waals surface area contributed by atoms with Crippen molar-refractivity contribution in [2.75, 3.05) is 5.33 Å². The van der Waals surface area contributed by atoms with Gasteiger partial charge in [0.05, 0.1) is 0 Å². The third-order valence-electron chi connectivity index (χ3n) is 8.45. The first kappa shape index (κ1) is 19.1. The van der Waals surface area contributed by atoms with Crippen molar-refractivity contribution < 1.29 is 5.11 Å². The third-order valence-corrected chi connectivity index (χ3v) is 9.26. The number of fused-ring (bicyclic) bond motifs is 5. The van der Waals surface area contributed by atoms with Crippen LogP contribution in [-0.2, 0) is 0 Å². The van der Waals surface area contributed by atoms with Crippen molar-refractivity contribution in [1.29, 1.82) is 0 Å².